The Morgan fingerprint density at radius 1 is 1.47 bits per heavy atom. The van der Waals surface area contributed by atoms with E-state index in [2.05, 4.69) is 23.0 Å². The van der Waals surface area contributed by atoms with E-state index in [0.717, 1.165) is 17.7 Å². The van der Waals surface area contributed by atoms with Crippen LogP contribution in [0.25, 0.3) is 6.08 Å². The lowest BCUT2D eigenvalue weighted by atomic mass is 10.1. The molecular formula is C14H18N2O2S. The summed E-state index contributed by atoms with van der Waals surface area (Å²) in [7, 11) is 1.67. The molecule has 0 bridgehead atoms. The van der Waals surface area contributed by atoms with Crippen molar-refractivity contribution in [2.45, 2.75) is 23.8 Å². The summed E-state index contributed by atoms with van der Waals surface area (Å²) in [4.78, 5) is 12.2. The number of carbonyl (C=O) groups is 1. The highest BCUT2D eigenvalue weighted by atomic mass is 32.2. The second-order valence-electron chi connectivity index (χ2n) is 4.30. The third kappa shape index (κ3) is 3.75. The maximum absolute atomic E-state index is 11.0. The Bertz CT molecular complexity index is 478. The largest absolute Gasteiger partial charge is 0.496 e. The van der Waals surface area contributed by atoms with Gasteiger partial charge in [-0.05, 0) is 30.9 Å². The molecule has 2 N–H and O–H groups in total. The first-order valence-corrected chi connectivity index (χ1v) is 7.40. The number of methoxy groups -OCH3 is 1. The molecule has 1 aliphatic rings. The van der Waals surface area contributed by atoms with Gasteiger partial charge in [0.05, 0.1) is 7.11 Å². The molecular weight excluding hydrogens is 260 g/mol. The fraction of sp³-hybridized carbons (Fsp3) is 0.357. The smallest absolute Gasteiger partial charge is 0.234 e. The number of hydrogen-bond acceptors (Lipinski definition) is 4. The van der Waals surface area contributed by atoms with Gasteiger partial charge < -0.3 is 4.74 Å². The van der Waals surface area contributed by atoms with Crippen molar-refractivity contribution in [1.82, 2.24) is 10.9 Å². The third-order valence-electron chi connectivity index (χ3n) is 3.02. The van der Waals surface area contributed by atoms with Crippen LogP contribution in [0, 0.1) is 0 Å². The molecule has 102 valence electrons. The van der Waals surface area contributed by atoms with Crippen molar-refractivity contribution < 1.29 is 9.53 Å². The number of rotatable bonds is 4. The van der Waals surface area contributed by atoms with E-state index in [9.17, 15) is 4.79 Å². The van der Waals surface area contributed by atoms with Crippen LogP contribution in [0.1, 0.15) is 18.4 Å². The summed E-state index contributed by atoms with van der Waals surface area (Å²) >= 11 is 1.70. The van der Waals surface area contributed by atoms with Crippen LogP contribution in [0.15, 0.2) is 29.2 Å². The normalized spacial score (nSPS) is 19.5. The lowest BCUT2D eigenvalue weighted by Crippen LogP contribution is -2.48. The highest BCUT2D eigenvalue weighted by Gasteiger charge is 2.14. The van der Waals surface area contributed by atoms with E-state index in [1.807, 2.05) is 24.5 Å². The first kappa shape index (κ1) is 14.0. The molecule has 0 spiro atoms. The number of hydrogen-bond donors (Lipinski definition) is 2. The number of amides is 1. The molecule has 2 rings (SSSR count). The number of benzene rings is 1. The second kappa shape index (κ2) is 6.63. The molecule has 1 fully saturated rings. The summed E-state index contributed by atoms with van der Waals surface area (Å²) in [6, 6.07) is 6.28. The van der Waals surface area contributed by atoms with Gasteiger partial charge in [0.2, 0.25) is 5.91 Å². The van der Waals surface area contributed by atoms with Crippen LogP contribution in [0.2, 0.25) is 0 Å². The van der Waals surface area contributed by atoms with E-state index in [4.69, 9.17) is 4.74 Å². The summed E-state index contributed by atoms with van der Waals surface area (Å²) in [5.74, 6) is 0.903. The van der Waals surface area contributed by atoms with Crippen molar-refractivity contribution in [3.05, 3.63) is 29.8 Å². The quantitative estimate of drug-likeness (QED) is 0.829. The van der Waals surface area contributed by atoms with Gasteiger partial charge in [-0.3, -0.25) is 10.2 Å². The lowest BCUT2D eigenvalue weighted by molar-refractivity contribution is -0.123. The summed E-state index contributed by atoms with van der Waals surface area (Å²) < 4.78 is 5.35. The van der Waals surface area contributed by atoms with Crippen molar-refractivity contribution in [2.75, 3.05) is 13.4 Å². The number of carbonyl (C=O) groups excluding carboxylic acids is 1. The minimum atomic E-state index is 0.0478. The van der Waals surface area contributed by atoms with Crippen LogP contribution < -0.4 is 15.6 Å². The molecule has 4 nitrogen and oxygen atoms in total. The number of hydrazine groups is 1. The maximum Gasteiger partial charge on any atom is 0.234 e. The molecule has 1 unspecified atom stereocenters. The summed E-state index contributed by atoms with van der Waals surface area (Å²) in [6.45, 7) is 0. The Morgan fingerprint density at radius 3 is 2.95 bits per heavy atom. The maximum atomic E-state index is 11.0. The summed E-state index contributed by atoms with van der Waals surface area (Å²) in [5, 5.41) is 0. The van der Waals surface area contributed by atoms with Crippen molar-refractivity contribution >= 4 is 23.7 Å². The fourth-order valence-corrected chi connectivity index (χ4v) is 2.38. The molecule has 0 saturated carbocycles. The molecule has 1 atom stereocenters. The molecule has 0 radical (unpaired) electrons. The molecule has 0 aromatic heterocycles. The van der Waals surface area contributed by atoms with Gasteiger partial charge in [-0.2, -0.15) is 0 Å². The predicted molar refractivity (Wildman–Crippen MR) is 78.1 cm³/mol. The first-order chi connectivity index (χ1) is 9.22. The summed E-state index contributed by atoms with van der Waals surface area (Å²) in [5.41, 5.74) is 6.67. The highest BCUT2D eigenvalue weighted by molar-refractivity contribution is 7.98. The zero-order valence-corrected chi connectivity index (χ0v) is 11.9. The van der Waals surface area contributed by atoms with E-state index in [-0.39, 0.29) is 11.9 Å². The molecule has 1 heterocycles. The van der Waals surface area contributed by atoms with Crippen molar-refractivity contribution in [2.24, 2.45) is 0 Å². The van der Waals surface area contributed by atoms with Crippen molar-refractivity contribution in [3.63, 3.8) is 0 Å². The van der Waals surface area contributed by atoms with E-state index >= 15 is 0 Å². The van der Waals surface area contributed by atoms with Crippen LogP contribution in [0.3, 0.4) is 0 Å². The van der Waals surface area contributed by atoms with Gasteiger partial charge in [-0.15, -0.1) is 11.8 Å². The molecule has 1 amide bonds. The topological polar surface area (TPSA) is 50.4 Å². The van der Waals surface area contributed by atoms with Crippen LogP contribution in [0.5, 0.6) is 5.75 Å². The Balaban J connectivity index is 2.10. The molecule has 5 heteroatoms. The minimum Gasteiger partial charge on any atom is -0.496 e. The van der Waals surface area contributed by atoms with Crippen LogP contribution >= 0.6 is 11.8 Å². The lowest BCUT2D eigenvalue weighted by Gasteiger charge is -2.20. The predicted octanol–water partition coefficient (Wildman–Crippen LogP) is 2.21. The van der Waals surface area contributed by atoms with E-state index in [0.29, 0.717) is 6.42 Å². The third-order valence-corrected chi connectivity index (χ3v) is 3.75. The highest BCUT2D eigenvalue weighted by Crippen LogP contribution is 2.26. The monoisotopic (exact) mass is 278 g/mol. The Morgan fingerprint density at radius 2 is 2.32 bits per heavy atom. The zero-order valence-electron chi connectivity index (χ0n) is 11.1. The second-order valence-corrected chi connectivity index (χ2v) is 5.18. The minimum absolute atomic E-state index is 0.0478. The van der Waals surface area contributed by atoms with E-state index < -0.39 is 0 Å². The van der Waals surface area contributed by atoms with Crippen molar-refractivity contribution in [1.29, 1.82) is 0 Å². The molecule has 1 aromatic carbocycles. The van der Waals surface area contributed by atoms with E-state index in [1.165, 1.54) is 4.90 Å². The summed E-state index contributed by atoms with van der Waals surface area (Å²) in [6.07, 6.45) is 7.51. The van der Waals surface area contributed by atoms with Crippen LogP contribution in [-0.4, -0.2) is 25.3 Å². The SMILES string of the molecule is COc1ccc(SC)cc1/C=C/C1CCC(=O)NN1. The van der Waals surface area contributed by atoms with Crippen molar-refractivity contribution in [3.8, 4) is 5.75 Å². The van der Waals surface area contributed by atoms with Gasteiger partial charge in [0.25, 0.3) is 0 Å². The Kier molecular flexibility index (Phi) is 4.87. The van der Waals surface area contributed by atoms with Gasteiger partial charge in [0.15, 0.2) is 0 Å². The van der Waals surface area contributed by atoms with Crippen LogP contribution in [-0.2, 0) is 4.79 Å². The van der Waals surface area contributed by atoms with Gasteiger partial charge in [0, 0.05) is 22.9 Å². The van der Waals surface area contributed by atoms with Gasteiger partial charge >= 0.3 is 0 Å². The molecule has 1 aliphatic heterocycles. The van der Waals surface area contributed by atoms with Gasteiger partial charge in [-0.25, -0.2) is 5.43 Å². The Labute approximate surface area is 117 Å². The standard InChI is InChI=1S/C14H18N2O2S/c1-18-13-7-6-12(19-2)9-10(13)3-4-11-5-8-14(17)16-15-11/h3-4,6-7,9,11,15H,5,8H2,1-2H3,(H,16,17)/b4-3+. The Hall–Kier alpha value is -1.46. The number of ether oxygens (including phenoxy) is 1. The van der Waals surface area contributed by atoms with Gasteiger partial charge in [-0.1, -0.05) is 12.2 Å². The molecule has 1 aromatic rings. The fourth-order valence-electron chi connectivity index (χ4n) is 1.93. The molecule has 0 aliphatic carbocycles. The van der Waals surface area contributed by atoms with Crippen LogP contribution in [0.4, 0.5) is 0 Å². The first-order valence-electron chi connectivity index (χ1n) is 6.17. The zero-order chi connectivity index (χ0) is 13.7. The number of thioether (sulfide) groups is 1. The van der Waals surface area contributed by atoms with E-state index in [1.54, 1.807) is 18.9 Å². The molecule has 1 saturated heterocycles. The number of nitrogens with one attached hydrogen (secondary N) is 2. The average molecular weight is 278 g/mol. The average Bonchev–Trinajstić information content (AvgIpc) is 2.46. The molecule has 19 heavy (non-hydrogen) atoms. The van der Waals surface area contributed by atoms with Gasteiger partial charge in [0.1, 0.15) is 5.75 Å².